The number of rotatable bonds is 1. The van der Waals surface area contributed by atoms with E-state index in [0.29, 0.717) is 12.6 Å². The highest BCUT2D eigenvalue weighted by Gasteiger charge is 2.23. The Kier molecular flexibility index (Phi) is 4.04. The minimum Gasteiger partial charge on any atom is -0.375 e. The summed E-state index contributed by atoms with van der Waals surface area (Å²) in [6.07, 6.45) is 6.29. The fourth-order valence-electron chi connectivity index (χ4n) is 2.52. The number of urea groups is 1. The lowest BCUT2D eigenvalue weighted by atomic mass is 9.96. The van der Waals surface area contributed by atoms with Gasteiger partial charge < -0.3 is 15.0 Å². The van der Waals surface area contributed by atoms with E-state index in [2.05, 4.69) is 5.32 Å². The van der Waals surface area contributed by atoms with Gasteiger partial charge in [-0.25, -0.2) is 4.79 Å². The zero-order valence-corrected chi connectivity index (χ0v) is 10.1. The average Bonchev–Trinajstić information content (AvgIpc) is 2.30. The first kappa shape index (κ1) is 11.7. The number of nitrogens with zero attached hydrogens (tertiary/aromatic N) is 1. The fourth-order valence-corrected chi connectivity index (χ4v) is 2.52. The molecule has 4 heteroatoms. The van der Waals surface area contributed by atoms with E-state index in [9.17, 15) is 4.79 Å². The second-order valence-corrected chi connectivity index (χ2v) is 4.91. The Morgan fingerprint density at radius 3 is 2.75 bits per heavy atom. The third kappa shape index (κ3) is 3.11. The molecule has 4 nitrogen and oxygen atoms in total. The third-order valence-corrected chi connectivity index (χ3v) is 3.46. The summed E-state index contributed by atoms with van der Waals surface area (Å²) < 4.78 is 5.43. The van der Waals surface area contributed by atoms with E-state index in [0.717, 1.165) is 25.9 Å². The second-order valence-electron chi connectivity index (χ2n) is 4.91. The monoisotopic (exact) mass is 226 g/mol. The molecule has 0 bridgehead atoms. The molecule has 16 heavy (non-hydrogen) atoms. The summed E-state index contributed by atoms with van der Waals surface area (Å²) in [5.74, 6) is 0. The van der Waals surface area contributed by atoms with Gasteiger partial charge in [0, 0.05) is 19.1 Å². The van der Waals surface area contributed by atoms with Crippen LogP contribution in [0.15, 0.2) is 0 Å². The van der Waals surface area contributed by atoms with E-state index >= 15 is 0 Å². The third-order valence-electron chi connectivity index (χ3n) is 3.46. The second kappa shape index (κ2) is 5.53. The Labute approximate surface area is 97.3 Å². The topological polar surface area (TPSA) is 41.6 Å². The first-order valence-corrected chi connectivity index (χ1v) is 6.43. The van der Waals surface area contributed by atoms with Crippen molar-refractivity contribution in [1.82, 2.24) is 10.2 Å². The molecular formula is C12H22N2O2. The van der Waals surface area contributed by atoms with Crippen LogP contribution in [0.2, 0.25) is 0 Å². The number of nitrogens with one attached hydrogen (secondary N) is 1. The highest BCUT2D eigenvalue weighted by atomic mass is 16.5. The van der Waals surface area contributed by atoms with Gasteiger partial charge in [0.25, 0.3) is 0 Å². The molecule has 92 valence electrons. The molecule has 0 aromatic carbocycles. The standard InChI is InChI=1S/C12H22N2O2/c1-10-9-14(7-8-16-10)12(15)13-11-5-3-2-4-6-11/h10-11H,2-9H2,1H3,(H,13,15)/t10-/m1/s1. The Bertz CT molecular complexity index is 239. The molecular weight excluding hydrogens is 204 g/mol. The van der Waals surface area contributed by atoms with Crippen LogP contribution in [-0.4, -0.2) is 42.8 Å². The lowest BCUT2D eigenvalue weighted by molar-refractivity contribution is -0.00402. The van der Waals surface area contributed by atoms with Crippen LogP contribution in [0.1, 0.15) is 39.0 Å². The number of hydrogen-bond donors (Lipinski definition) is 1. The maximum Gasteiger partial charge on any atom is 0.317 e. The molecule has 0 aromatic rings. The molecule has 1 aliphatic heterocycles. The zero-order valence-electron chi connectivity index (χ0n) is 10.1. The minimum atomic E-state index is 0.0991. The maximum atomic E-state index is 12.0. The van der Waals surface area contributed by atoms with Crippen LogP contribution in [0.5, 0.6) is 0 Å². The Morgan fingerprint density at radius 1 is 1.31 bits per heavy atom. The van der Waals surface area contributed by atoms with Gasteiger partial charge in [0.05, 0.1) is 12.7 Å². The van der Waals surface area contributed by atoms with Gasteiger partial charge in [-0.05, 0) is 19.8 Å². The first-order chi connectivity index (χ1) is 7.75. The van der Waals surface area contributed by atoms with Crippen molar-refractivity contribution in [2.75, 3.05) is 19.7 Å². The molecule has 1 saturated heterocycles. The molecule has 2 amide bonds. The van der Waals surface area contributed by atoms with E-state index in [1.807, 2.05) is 11.8 Å². The zero-order chi connectivity index (χ0) is 11.4. The Morgan fingerprint density at radius 2 is 2.06 bits per heavy atom. The SMILES string of the molecule is C[C@@H]1CN(C(=O)NC2CCCCC2)CCO1. The van der Waals surface area contributed by atoms with Gasteiger partial charge in [-0.15, -0.1) is 0 Å². The number of ether oxygens (including phenoxy) is 1. The Hall–Kier alpha value is -0.770. The summed E-state index contributed by atoms with van der Waals surface area (Å²) in [5, 5.41) is 3.14. The number of amides is 2. The van der Waals surface area contributed by atoms with Crippen LogP contribution < -0.4 is 5.32 Å². The fraction of sp³-hybridized carbons (Fsp3) is 0.917. The van der Waals surface area contributed by atoms with Gasteiger partial charge in [-0.3, -0.25) is 0 Å². The van der Waals surface area contributed by atoms with Crippen molar-refractivity contribution in [2.45, 2.75) is 51.2 Å². The summed E-state index contributed by atoms with van der Waals surface area (Å²) in [6, 6.07) is 0.501. The molecule has 2 fully saturated rings. The van der Waals surface area contributed by atoms with Gasteiger partial charge in [0.15, 0.2) is 0 Å². The molecule has 2 rings (SSSR count). The number of carbonyl (C=O) groups is 1. The molecule has 0 aromatic heterocycles. The predicted octanol–water partition coefficient (Wildman–Crippen LogP) is 1.75. The quantitative estimate of drug-likeness (QED) is 0.740. The molecule has 0 radical (unpaired) electrons. The van der Waals surface area contributed by atoms with Crippen LogP contribution >= 0.6 is 0 Å². The Balaban J connectivity index is 1.77. The van der Waals surface area contributed by atoms with Crippen LogP contribution in [-0.2, 0) is 4.74 Å². The number of morpholine rings is 1. The molecule has 1 atom stereocenters. The van der Waals surface area contributed by atoms with Crippen molar-refractivity contribution in [3.05, 3.63) is 0 Å². The summed E-state index contributed by atoms with van der Waals surface area (Å²) in [7, 11) is 0. The predicted molar refractivity (Wildman–Crippen MR) is 62.4 cm³/mol. The molecule has 1 heterocycles. The lowest BCUT2D eigenvalue weighted by Crippen LogP contribution is -2.51. The van der Waals surface area contributed by atoms with Crippen LogP contribution in [0.25, 0.3) is 0 Å². The van der Waals surface area contributed by atoms with Crippen molar-refractivity contribution < 1.29 is 9.53 Å². The molecule has 1 N–H and O–H groups in total. The van der Waals surface area contributed by atoms with E-state index in [1.165, 1.54) is 19.3 Å². The van der Waals surface area contributed by atoms with E-state index in [4.69, 9.17) is 4.74 Å². The van der Waals surface area contributed by atoms with Gasteiger partial charge in [0.1, 0.15) is 0 Å². The van der Waals surface area contributed by atoms with Crippen LogP contribution in [0, 0.1) is 0 Å². The van der Waals surface area contributed by atoms with E-state index in [1.54, 1.807) is 0 Å². The summed E-state index contributed by atoms with van der Waals surface area (Å²) in [4.78, 5) is 13.8. The molecule has 0 spiro atoms. The molecule has 2 aliphatic rings. The van der Waals surface area contributed by atoms with Crippen molar-refractivity contribution in [3.8, 4) is 0 Å². The van der Waals surface area contributed by atoms with E-state index < -0.39 is 0 Å². The van der Waals surface area contributed by atoms with Crippen molar-refractivity contribution >= 4 is 6.03 Å². The minimum absolute atomic E-state index is 0.0991. The van der Waals surface area contributed by atoms with Gasteiger partial charge in [-0.2, -0.15) is 0 Å². The summed E-state index contributed by atoms with van der Waals surface area (Å²) >= 11 is 0. The largest absolute Gasteiger partial charge is 0.375 e. The van der Waals surface area contributed by atoms with Crippen molar-refractivity contribution in [3.63, 3.8) is 0 Å². The van der Waals surface area contributed by atoms with Crippen LogP contribution in [0.4, 0.5) is 4.79 Å². The average molecular weight is 226 g/mol. The molecule has 1 aliphatic carbocycles. The highest BCUT2D eigenvalue weighted by Crippen LogP contribution is 2.17. The van der Waals surface area contributed by atoms with Gasteiger partial charge in [0.2, 0.25) is 0 Å². The van der Waals surface area contributed by atoms with Crippen molar-refractivity contribution in [2.24, 2.45) is 0 Å². The van der Waals surface area contributed by atoms with Crippen LogP contribution in [0.3, 0.4) is 0 Å². The summed E-state index contributed by atoms with van der Waals surface area (Å²) in [6.45, 7) is 4.13. The number of hydrogen-bond acceptors (Lipinski definition) is 2. The first-order valence-electron chi connectivity index (χ1n) is 6.43. The highest BCUT2D eigenvalue weighted by molar-refractivity contribution is 5.74. The van der Waals surface area contributed by atoms with E-state index in [-0.39, 0.29) is 12.1 Å². The van der Waals surface area contributed by atoms with Crippen molar-refractivity contribution in [1.29, 1.82) is 0 Å². The normalized spacial score (nSPS) is 27.8. The molecule has 0 unspecified atom stereocenters. The number of carbonyl (C=O) groups excluding carboxylic acids is 1. The molecule has 1 saturated carbocycles. The van der Waals surface area contributed by atoms with Gasteiger partial charge in [-0.1, -0.05) is 19.3 Å². The lowest BCUT2D eigenvalue weighted by Gasteiger charge is -2.33. The summed E-state index contributed by atoms with van der Waals surface area (Å²) in [5.41, 5.74) is 0. The van der Waals surface area contributed by atoms with Gasteiger partial charge >= 0.3 is 6.03 Å². The maximum absolute atomic E-state index is 12.0. The smallest absolute Gasteiger partial charge is 0.317 e.